The van der Waals surface area contributed by atoms with Crippen LogP contribution in [-0.4, -0.2) is 23.1 Å². The number of aromatic amines is 1. The Bertz CT molecular complexity index is 678. The molecule has 0 fully saturated rings. The first-order chi connectivity index (χ1) is 9.83. The van der Waals surface area contributed by atoms with Crippen LogP contribution in [0.5, 0.6) is 5.75 Å². The van der Waals surface area contributed by atoms with Crippen LogP contribution in [0.2, 0.25) is 5.02 Å². The number of anilines is 1. The van der Waals surface area contributed by atoms with Crippen molar-refractivity contribution in [2.45, 2.75) is 0 Å². The molecule has 1 heterocycles. The predicted molar refractivity (Wildman–Crippen MR) is 81.5 cm³/mol. The van der Waals surface area contributed by atoms with Crippen molar-refractivity contribution in [2.24, 2.45) is 0 Å². The number of rotatable bonds is 5. The molecule has 4 nitrogen and oxygen atoms in total. The third kappa shape index (κ3) is 2.86. The van der Waals surface area contributed by atoms with Gasteiger partial charge in [0, 0.05) is 0 Å². The van der Waals surface area contributed by atoms with Gasteiger partial charge in [0.2, 0.25) is 5.95 Å². The number of para-hydroxylation sites is 3. The first-order valence-corrected chi connectivity index (χ1v) is 6.77. The molecule has 2 N–H and O–H groups in total. The smallest absolute Gasteiger partial charge is 0.201 e. The van der Waals surface area contributed by atoms with Gasteiger partial charge in [-0.3, -0.25) is 0 Å². The number of hydrogen-bond donors (Lipinski definition) is 2. The molecule has 0 spiro atoms. The van der Waals surface area contributed by atoms with Crippen LogP contribution in [0, 0.1) is 0 Å². The second kappa shape index (κ2) is 5.84. The van der Waals surface area contributed by atoms with E-state index in [9.17, 15) is 0 Å². The highest BCUT2D eigenvalue weighted by Gasteiger charge is 2.02. The molecule has 0 bridgehead atoms. The Morgan fingerprint density at radius 3 is 2.75 bits per heavy atom. The monoisotopic (exact) mass is 287 g/mol. The van der Waals surface area contributed by atoms with E-state index in [-0.39, 0.29) is 0 Å². The standard InChI is InChI=1S/C15H14ClN3O/c16-11-5-1-4-8-14(11)20-10-9-17-15-18-12-6-2-3-7-13(12)19-15/h1-8H,9-10H2,(H2,17,18,19). The van der Waals surface area contributed by atoms with Gasteiger partial charge in [0.05, 0.1) is 22.6 Å². The van der Waals surface area contributed by atoms with Crippen LogP contribution < -0.4 is 10.1 Å². The van der Waals surface area contributed by atoms with E-state index in [1.165, 1.54) is 0 Å². The van der Waals surface area contributed by atoms with E-state index < -0.39 is 0 Å². The van der Waals surface area contributed by atoms with Crippen molar-refractivity contribution < 1.29 is 4.74 Å². The summed E-state index contributed by atoms with van der Waals surface area (Å²) in [6, 6.07) is 15.3. The van der Waals surface area contributed by atoms with Gasteiger partial charge in [-0.25, -0.2) is 4.98 Å². The van der Waals surface area contributed by atoms with Gasteiger partial charge in [0.15, 0.2) is 0 Å². The SMILES string of the molecule is Clc1ccccc1OCCNc1nc2ccccc2[nH]1. The van der Waals surface area contributed by atoms with Gasteiger partial charge in [-0.1, -0.05) is 35.9 Å². The number of halogens is 1. The van der Waals surface area contributed by atoms with Gasteiger partial charge < -0.3 is 15.0 Å². The zero-order valence-electron chi connectivity index (χ0n) is 10.8. The van der Waals surface area contributed by atoms with Crippen LogP contribution in [0.3, 0.4) is 0 Å². The van der Waals surface area contributed by atoms with Crippen molar-refractivity contribution in [3.63, 3.8) is 0 Å². The summed E-state index contributed by atoms with van der Waals surface area (Å²) in [5, 5.41) is 3.81. The summed E-state index contributed by atoms with van der Waals surface area (Å²) in [6.45, 7) is 1.16. The van der Waals surface area contributed by atoms with Gasteiger partial charge in [-0.2, -0.15) is 0 Å². The lowest BCUT2D eigenvalue weighted by Gasteiger charge is -2.07. The predicted octanol–water partition coefficient (Wildman–Crippen LogP) is 3.71. The van der Waals surface area contributed by atoms with Crippen LogP contribution in [0.4, 0.5) is 5.95 Å². The Morgan fingerprint density at radius 1 is 1.10 bits per heavy atom. The van der Waals surface area contributed by atoms with Crippen molar-refractivity contribution in [1.29, 1.82) is 0 Å². The van der Waals surface area contributed by atoms with E-state index in [1.54, 1.807) is 0 Å². The summed E-state index contributed by atoms with van der Waals surface area (Å²) >= 11 is 6.01. The molecule has 0 aliphatic heterocycles. The van der Waals surface area contributed by atoms with E-state index in [0.717, 1.165) is 17.0 Å². The summed E-state index contributed by atoms with van der Waals surface area (Å²) in [5.41, 5.74) is 1.96. The summed E-state index contributed by atoms with van der Waals surface area (Å²) < 4.78 is 5.60. The quantitative estimate of drug-likeness (QED) is 0.703. The largest absolute Gasteiger partial charge is 0.490 e. The Kier molecular flexibility index (Phi) is 3.74. The van der Waals surface area contributed by atoms with E-state index in [2.05, 4.69) is 15.3 Å². The van der Waals surface area contributed by atoms with Gasteiger partial charge in [-0.15, -0.1) is 0 Å². The molecule has 0 amide bonds. The van der Waals surface area contributed by atoms with E-state index in [4.69, 9.17) is 16.3 Å². The minimum absolute atomic E-state index is 0.515. The van der Waals surface area contributed by atoms with Crippen molar-refractivity contribution >= 4 is 28.6 Å². The molecule has 0 unspecified atom stereocenters. The fourth-order valence-corrected chi connectivity index (χ4v) is 2.12. The van der Waals surface area contributed by atoms with E-state index >= 15 is 0 Å². The van der Waals surface area contributed by atoms with Crippen LogP contribution >= 0.6 is 11.6 Å². The molecule has 102 valence electrons. The first kappa shape index (κ1) is 12.8. The Morgan fingerprint density at radius 2 is 1.90 bits per heavy atom. The number of H-pyrrole nitrogens is 1. The highest BCUT2D eigenvalue weighted by atomic mass is 35.5. The van der Waals surface area contributed by atoms with Crippen molar-refractivity contribution in [1.82, 2.24) is 9.97 Å². The highest BCUT2D eigenvalue weighted by molar-refractivity contribution is 6.32. The van der Waals surface area contributed by atoms with Gasteiger partial charge in [-0.05, 0) is 24.3 Å². The lowest BCUT2D eigenvalue weighted by Crippen LogP contribution is -2.12. The third-order valence-electron chi connectivity index (χ3n) is 2.88. The molecule has 5 heteroatoms. The second-order valence-corrected chi connectivity index (χ2v) is 4.72. The molecule has 3 rings (SSSR count). The van der Waals surface area contributed by atoms with Gasteiger partial charge >= 0.3 is 0 Å². The number of nitrogens with one attached hydrogen (secondary N) is 2. The maximum atomic E-state index is 6.01. The number of imidazole rings is 1. The lowest BCUT2D eigenvalue weighted by atomic mass is 10.3. The van der Waals surface area contributed by atoms with Crippen molar-refractivity contribution in [2.75, 3.05) is 18.5 Å². The van der Waals surface area contributed by atoms with Gasteiger partial charge in [0.1, 0.15) is 12.4 Å². The van der Waals surface area contributed by atoms with Crippen molar-refractivity contribution in [3.05, 3.63) is 53.6 Å². The zero-order chi connectivity index (χ0) is 13.8. The lowest BCUT2D eigenvalue weighted by molar-refractivity contribution is 0.333. The molecule has 0 radical (unpaired) electrons. The highest BCUT2D eigenvalue weighted by Crippen LogP contribution is 2.22. The fraction of sp³-hybridized carbons (Fsp3) is 0.133. The Hall–Kier alpha value is -2.20. The normalized spacial score (nSPS) is 10.7. The van der Waals surface area contributed by atoms with E-state index in [0.29, 0.717) is 23.9 Å². The van der Waals surface area contributed by atoms with Crippen LogP contribution in [0.25, 0.3) is 11.0 Å². The zero-order valence-corrected chi connectivity index (χ0v) is 11.5. The fourth-order valence-electron chi connectivity index (χ4n) is 1.93. The molecule has 0 saturated heterocycles. The van der Waals surface area contributed by atoms with Crippen LogP contribution in [0.15, 0.2) is 48.5 Å². The van der Waals surface area contributed by atoms with Crippen molar-refractivity contribution in [3.8, 4) is 5.75 Å². The Labute approximate surface area is 121 Å². The summed E-state index contributed by atoms with van der Waals surface area (Å²) in [6.07, 6.45) is 0. The molecule has 0 aliphatic carbocycles. The summed E-state index contributed by atoms with van der Waals surface area (Å²) in [7, 11) is 0. The molecule has 0 saturated carbocycles. The number of hydrogen-bond acceptors (Lipinski definition) is 3. The topological polar surface area (TPSA) is 49.9 Å². The van der Waals surface area contributed by atoms with Crippen LogP contribution in [-0.2, 0) is 0 Å². The molecular formula is C15H14ClN3O. The van der Waals surface area contributed by atoms with Gasteiger partial charge in [0.25, 0.3) is 0 Å². The van der Waals surface area contributed by atoms with Crippen LogP contribution in [0.1, 0.15) is 0 Å². The summed E-state index contributed by atoms with van der Waals surface area (Å²) in [4.78, 5) is 7.63. The molecule has 0 atom stereocenters. The molecule has 0 aliphatic rings. The minimum Gasteiger partial charge on any atom is -0.490 e. The number of ether oxygens (including phenoxy) is 1. The number of aromatic nitrogens is 2. The maximum absolute atomic E-state index is 6.01. The maximum Gasteiger partial charge on any atom is 0.201 e. The number of fused-ring (bicyclic) bond motifs is 1. The third-order valence-corrected chi connectivity index (χ3v) is 3.19. The Balaban J connectivity index is 1.54. The second-order valence-electron chi connectivity index (χ2n) is 4.31. The minimum atomic E-state index is 0.515. The molecular weight excluding hydrogens is 274 g/mol. The average molecular weight is 288 g/mol. The molecule has 3 aromatic rings. The molecule has 2 aromatic carbocycles. The number of nitrogens with zero attached hydrogens (tertiary/aromatic N) is 1. The summed E-state index contributed by atoms with van der Waals surface area (Å²) in [5.74, 6) is 1.44. The average Bonchev–Trinajstić information content (AvgIpc) is 2.88. The molecule has 1 aromatic heterocycles. The first-order valence-electron chi connectivity index (χ1n) is 6.39. The molecule has 20 heavy (non-hydrogen) atoms. The number of benzene rings is 2. The van der Waals surface area contributed by atoms with E-state index in [1.807, 2.05) is 48.5 Å².